The Hall–Kier alpha value is -0.120. The Morgan fingerprint density at radius 2 is 2.15 bits per heavy atom. The van der Waals surface area contributed by atoms with Crippen LogP contribution in [0.15, 0.2) is 0 Å². The first kappa shape index (κ1) is 9.44. The fourth-order valence-electron chi connectivity index (χ4n) is 2.65. The zero-order valence-corrected chi connectivity index (χ0v) is 8.70. The second-order valence-corrected chi connectivity index (χ2v) is 4.37. The second-order valence-electron chi connectivity index (χ2n) is 4.37. The zero-order valence-electron chi connectivity index (χ0n) is 8.70. The number of hydrogen-bond donors (Lipinski definition) is 0. The van der Waals surface area contributed by atoms with Crippen molar-refractivity contribution >= 4 is 0 Å². The average molecular weight is 184 g/mol. The largest absolute Gasteiger partial charge is 0.384 e. The van der Waals surface area contributed by atoms with Crippen molar-refractivity contribution in [3.63, 3.8) is 0 Å². The fourth-order valence-corrected chi connectivity index (χ4v) is 2.65. The van der Waals surface area contributed by atoms with Crippen LogP contribution in [0.2, 0.25) is 0 Å². The van der Waals surface area contributed by atoms with Crippen LogP contribution in [-0.2, 0) is 4.74 Å². The molecule has 3 heteroatoms. The number of methoxy groups -OCH3 is 1. The fraction of sp³-hybridized carbons (Fsp3) is 1.00. The van der Waals surface area contributed by atoms with Crippen LogP contribution in [0.25, 0.3) is 0 Å². The first-order valence-corrected chi connectivity index (χ1v) is 5.23. The van der Waals surface area contributed by atoms with Crippen molar-refractivity contribution in [2.45, 2.75) is 12.5 Å². The highest BCUT2D eigenvalue weighted by Crippen LogP contribution is 2.27. The van der Waals surface area contributed by atoms with E-state index >= 15 is 0 Å². The Kier molecular flexibility index (Phi) is 2.86. The summed E-state index contributed by atoms with van der Waals surface area (Å²) in [5, 5.41) is 0. The summed E-state index contributed by atoms with van der Waals surface area (Å²) < 4.78 is 5.26. The summed E-state index contributed by atoms with van der Waals surface area (Å²) in [6.07, 6.45) is 1.33. The summed E-state index contributed by atoms with van der Waals surface area (Å²) >= 11 is 0. The third-order valence-corrected chi connectivity index (χ3v) is 3.45. The standard InChI is InChI=1S/C10H20N2O/c1-11-5-6-12-4-3-9(8-13-2)10(12)7-11/h9-10H,3-8H2,1-2H3. The van der Waals surface area contributed by atoms with Gasteiger partial charge in [0.25, 0.3) is 0 Å². The summed E-state index contributed by atoms with van der Waals surface area (Å²) in [5.74, 6) is 0.771. The van der Waals surface area contributed by atoms with Gasteiger partial charge >= 0.3 is 0 Å². The first-order valence-electron chi connectivity index (χ1n) is 5.23. The molecule has 2 fully saturated rings. The van der Waals surface area contributed by atoms with Crippen LogP contribution in [-0.4, -0.2) is 62.8 Å². The molecule has 76 valence electrons. The van der Waals surface area contributed by atoms with Gasteiger partial charge in [-0.3, -0.25) is 4.90 Å². The molecular formula is C10H20N2O. The molecule has 0 aliphatic carbocycles. The summed E-state index contributed by atoms with van der Waals surface area (Å²) in [6, 6.07) is 0.763. The SMILES string of the molecule is COCC1CCN2CCN(C)CC12. The highest BCUT2D eigenvalue weighted by atomic mass is 16.5. The maximum atomic E-state index is 5.26. The molecule has 3 nitrogen and oxygen atoms in total. The molecule has 0 radical (unpaired) electrons. The normalized spacial score (nSPS) is 36.5. The quantitative estimate of drug-likeness (QED) is 0.612. The van der Waals surface area contributed by atoms with Gasteiger partial charge in [0.2, 0.25) is 0 Å². The molecule has 0 aromatic carbocycles. The van der Waals surface area contributed by atoms with E-state index in [2.05, 4.69) is 16.8 Å². The molecule has 0 bridgehead atoms. The molecule has 0 spiro atoms. The average Bonchev–Trinajstić information content (AvgIpc) is 2.49. The molecule has 2 rings (SSSR count). The van der Waals surface area contributed by atoms with Crippen LogP contribution >= 0.6 is 0 Å². The Morgan fingerprint density at radius 3 is 2.92 bits per heavy atom. The predicted octanol–water partition coefficient (Wildman–Crippen LogP) is 0.269. The molecule has 2 atom stereocenters. The van der Waals surface area contributed by atoms with E-state index in [0.717, 1.165) is 18.6 Å². The van der Waals surface area contributed by atoms with Gasteiger partial charge in [-0.15, -0.1) is 0 Å². The van der Waals surface area contributed by atoms with Gasteiger partial charge < -0.3 is 9.64 Å². The van der Waals surface area contributed by atoms with Crippen molar-refractivity contribution in [1.82, 2.24) is 9.80 Å². The van der Waals surface area contributed by atoms with Gasteiger partial charge in [-0.05, 0) is 20.0 Å². The van der Waals surface area contributed by atoms with Gasteiger partial charge in [0.15, 0.2) is 0 Å². The molecule has 0 amide bonds. The lowest BCUT2D eigenvalue weighted by Gasteiger charge is -2.37. The van der Waals surface area contributed by atoms with E-state index in [9.17, 15) is 0 Å². The lowest BCUT2D eigenvalue weighted by molar-refractivity contribution is 0.0727. The maximum absolute atomic E-state index is 5.26. The van der Waals surface area contributed by atoms with Crippen molar-refractivity contribution in [2.75, 3.05) is 46.9 Å². The molecule has 2 aliphatic rings. The van der Waals surface area contributed by atoms with Gasteiger partial charge in [-0.25, -0.2) is 0 Å². The number of piperazine rings is 1. The van der Waals surface area contributed by atoms with Gasteiger partial charge in [0, 0.05) is 38.7 Å². The number of fused-ring (bicyclic) bond motifs is 1. The minimum absolute atomic E-state index is 0.763. The van der Waals surface area contributed by atoms with Crippen molar-refractivity contribution in [1.29, 1.82) is 0 Å². The van der Waals surface area contributed by atoms with Crippen LogP contribution in [0.5, 0.6) is 0 Å². The van der Waals surface area contributed by atoms with E-state index in [0.29, 0.717) is 0 Å². The van der Waals surface area contributed by atoms with E-state index in [-0.39, 0.29) is 0 Å². The van der Waals surface area contributed by atoms with Crippen molar-refractivity contribution in [3.8, 4) is 0 Å². The van der Waals surface area contributed by atoms with E-state index < -0.39 is 0 Å². The van der Waals surface area contributed by atoms with E-state index in [4.69, 9.17) is 4.74 Å². The van der Waals surface area contributed by atoms with Crippen LogP contribution in [0.4, 0.5) is 0 Å². The minimum atomic E-state index is 0.763. The van der Waals surface area contributed by atoms with E-state index in [1.54, 1.807) is 0 Å². The van der Waals surface area contributed by atoms with Crippen molar-refractivity contribution in [3.05, 3.63) is 0 Å². The lowest BCUT2D eigenvalue weighted by atomic mass is 10.00. The molecule has 0 N–H and O–H groups in total. The van der Waals surface area contributed by atoms with Crippen LogP contribution in [0.3, 0.4) is 0 Å². The number of rotatable bonds is 2. The van der Waals surface area contributed by atoms with Crippen LogP contribution in [0.1, 0.15) is 6.42 Å². The molecule has 0 aromatic heterocycles. The smallest absolute Gasteiger partial charge is 0.0506 e. The highest BCUT2D eigenvalue weighted by molar-refractivity contribution is 4.91. The first-order chi connectivity index (χ1) is 6.31. The predicted molar refractivity (Wildman–Crippen MR) is 52.8 cm³/mol. The number of ether oxygens (including phenoxy) is 1. The summed E-state index contributed by atoms with van der Waals surface area (Å²) in [7, 11) is 4.04. The summed E-state index contributed by atoms with van der Waals surface area (Å²) in [5.41, 5.74) is 0. The molecular weight excluding hydrogens is 164 g/mol. The Morgan fingerprint density at radius 1 is 1.31 bits per heavy atom. The molecule has 2 heterocycles. The molecule has 0 aromatic rings. The second kappa shape index (κ2) is 3.95. The van der Waals surface area contributed by atoms with Crippen LogP contribution in [0, 0.1) is 5.92 Å². The lowest BCUT2D eigenvalue weighted by Crippen LogP contribution is -2.50. The topological polar surface area (TPSA) is 15.7 Å². The Bertz CT molecular complexity index is 174. The third kappa shape index (κ3) is 1.87. The molecule has 2 saturated heterocycles. The van der Waals surface area contributed by atoms with E-state index in [1.807, 2.05) is 7.11 Å². The van der Waals surface area contributed by atoms with Crippen molar-refractivity contribution < 1.29 is 4.74 Å². The monoisotopic (exact) mass is 184 g/mol. The third-order valence-electron chi connectivity index (χ3n) is 3.45. The van der Waals surface area contributed by atoms with Gasteiger partial charge in [0.1, 0.15) is 0 Å². The Balaban J connectivity index is 1.94. The minimum Gasteiger partial charge on any atom is -0.384 e. The van der Waals surface area contributed by atoms with Crippen molar-refractivity contribution in [2.24, 2.45) is 5.92 Å². The van der Waals surface area contributed by atoms with Crippen LogP contribution < -0.4 is 0 Å². The van der Waals surface area contributed by atoms with Gasteiger partial charge in [0.05, 0.1) is 6.61 Å². The number of nitrogens with zero attached hydrogens (tertiary/aromatic N) is 2. The molecule has 2 aliphatic heterocycles. The molecule has 2 unspecified atom stereocenters. The molecule has 13 heavy (non-hydrogen) atoms. The summed E-state index contributed by atoms with van der Waals surface area (Å²) in [6.45, 7) is 5.94. The Labute approximate surface area is 80.6 Å². The van der Waals surface area contributed by atoms with Gasteiger partial charge in [-0.1, -0.05) is 0 Å². The summed E-state index contributed by atoms with van der Waals surface area (Å²) in [4.78, 5) is 5.07. The maximum Gasteiger partial charge on any atom is 0.0506 e. The zero-order chi connectivity index (χ0) is 9.26. The molecule has 0 saturated carbocycles. The highest BCUT2D eigenvalue weighted by Gasteiger charge is 2.36. The number of hydrogen-bond acceptors (Lipinski definition) is 3. The van der Waals surface area contributed by atoms with Gasteiger partial charge in [-0.2, -0.15) is 0 Å². The number of likely N-dealkylation sites (N-methyl/N-ethyl adjacent to an activating group) is 1. The van der Waals surface area contributed by atoms with E-state index in [1.165, 1.54) is 32.6 Å².